The lowest BCUT2D eigenvalue weighted by Crippen LogP contribution is -2.14. The van der Waals surface area contributed by atoms with Gasteiger partial charge in [-0.15, -0.1) is 0 Å². The van der Waals surface area contributed by atoms with Crippen molar-refractivity contribution in [2.24, 2.45) is 0 Å². The molecule has 6 heteroatoms. The van der Waals surface area contributed by atoms with Gasteiger partial charge in [-0.3, -0.25) is 4.79 Å². The zero-order chi connectivity index (χ0) is 18.7. The number of H-pyrrole nitrogens is 1. The predicted molar refractivity (Wildman–Crippen MR) is 103 cm³/mol. The molecular weight excluding hydrogens is 350 g/mol. The summed E-state index contributed by atoms with van der Waals surface area (Å²) in [5.41, 5.74) is 2.95. The fraction of sp³-hybridized carbons (Fsp3) is 0.100. The Labute approximate surface area is 155 Å². The summed E-state index contributed by atoms with van der Waals surface area (Å²) in [7, 11) is 1.49. The zero-order valence-corrected chi connectivity index (χ0v) is 15.0. The van der Waals surface area contributed by atoms with Crippen LogP contribution >= 0.6 is 11.6 Å². The van der Waals surface area contributed by atoms with E-state index in [4.69, 9.17) is 16.3 Å². The highest BCUT2D eigenvalue weighted by atomic mass is 35.5. The number of fused-ring (bicyclic) bond motifs is 1. The Kier molecular flexibility index (Phi) is 4.97. The van der Waals surface area contributed by atoms with E-state index in [2.05, 4.69) is 10.3 Å². The number of amides is 1. The summed E-state index contributed by atoms with van der Waals surface area (Å²) in [6, 6.07) is 13.0. The van der Waals surface area contributed by atoms with Crippen LogP contribution in [0, 0.1) is 18.3 Å². The molecule has 1 heterocycles. The van der Waals surface area contributed by atoms with Crippen LogP contribution in [0.25, 0.3) is 17.0 Å². The molecule has 0 aliphatic carbocycles. The maximum absolute atomic E-state index is 12.6. The second kappa shape index (κ2) is 7.34. The number of carbonyl (C=O) groups is 1. The average molecular weight is 366 g/mol. The highest BCUT2D eigenvalue weighted by molar-refractivity contribution is 6.31. The number of nitriles is 1. The van der Waals surface area contributed by atoms with Crippen LogP contribution in [0.5, 0.6) is 5.75 Å². The van der Waals surface area contributed by atoms with E-state index in [1.54, 1.807) is 24.4 Å². The summed E-state index contributed by atoms with van der Waals surface area (Å²) in [6.45, 7) is 1.82. The van der Waals surface area contributed by atoms with Crippen LogP contribution in [-0.2, 0) is 4.79 Å². The van der Waals surface area contributed by atoms with Crippen molar-refractivity contribution in [2.75, 3.05) is 12.4 Å². The Hall–Kier alpha value is -3.23. The number of aryl methyl sites for hydroxylation is 1. The third kappa shape index (κ3) is 3.41. The van der Waals surface area contributed by atoms with Gasteiger partial charge < -0.3 is 15.0 Å². The van der Waals surface area contributed by atoms with E-state index in [1.165, 1.54) is 7.11 Å². The Morgan fingerprint density at radius 3 is 2.85 bits per heavy atom. The molecule has 0 spiro atoms. The van der Waals surface area contributed by atoms with Crippen LogP contribution in [0.3, 0.4) is 0 Å². The smallest absolute Gasteiger partial charge is 0.266 e. The fourth-order valence-corrected chi connectivity index (χ4v) is 2.79. The number of halogens is 1. The molecule has 1 amide bonds. The lowest BCUT2D eigenvalue weighted by atomic mass is 10.1. The number of hydrogen-bond acceptors (Lipinski definition) is 3. The lowest BCUT2D eigenvalue weighted by molar-refractivity contribution is -0.112. The molecule has 0 bridgehead atoms. The van der Waals surface area contributed by atoms with Gasteiger partial charge in [0.2, 0.25) is 0 Å². The first-order valence-corrected chi connectivity index (χ1v) is 8.24. The number of rotatable bonds is 4. The summed E-state index contributed by atoms with van der Waals surface area (Å²) in [5, 5.41) is 13.6. The molecule has 26 heavy (non-hydrogen) atoms. The van der Waals surface area contributed by atoms with Crippen molar-refractivity contribution >= 4 is 40.2 Å². The van der Waals surface area contributed by atoms with Gasteiger partial charge in [-0.2, -0.15) is 5.26 Å². The Morgan fingerprint density at radius 2 is 2.12 bits per heavy atom. The van der Waals surface area contributed by atoms with Gasteiger partial charge >= 0.3 is 0 Å². The first-order valence-electron chi connectivity index (χ1n) is 7.87. The minimum Gasteiger partial charge on any atom is -0.495 e. The van der Waals surface area contributed by atoms with E-state index in [1.807, 2.05) is 37.3 Å². The van der Waals surface area contributed by atoms with Crippen molar-refractivity contribution in [1.82, 2.24) is 4.98 Å². The number of benzene rings is 2. The van der Waals surface area contributed by atoms with E-state index in [0.717, 1.165) is 22.0 Å². The molecule has 2 N–H and O–H groups in total. The van der Waals surface area contributed by atoms with Crippen LogP contribution in [0.2, 0.25) is 5.02 Å². The van der Waals surface area contributed by atoms with E-state index < -0.39 is 5.91 Å². The van der Waals surface area contributed by atoms with Gasteiger partial charge in [-0.1, -0.05) is 29.8 Å². The van der Waals surface area contributed by atoms with Gasteiger partial charge in [0, 0.05) is 33.8 Å². The van der Waals surface area contributed by atoms with Crippen molar-refractivity contribution in [2.45, 2.75) is 6.92 Å². The maximum atomic E-state index is 12.6. The fourth-order valence-electron chi connectivity index (χ4n) is 2.64. The number of hydrogen-bond donors (Lipinski definition) is 2. The second-order valence-electron chi connectivity index (χ2n) is 5.72. The summed E-state index contributed by atoms with van der Waals surface area (Å²) in [5.74, 6) is -0.0869. The van der Waals surface area contributed by atoms with Crippen LogP contribution in [-0.4, -0.2) is 18.0 Å². The molecule has 0 unspecified atom stereocenters. The van der Waals surface area contributed by atoms with Gasteiger partial charge in [0.05, 0.1) is 12.8 Å². The van der Waals surface area contributed by atoms with Crippen LogP contribution < -0.4 is 10.1 Å². The molecule has 3 rings (SSSR count). The topological polar surface area (TPSA) is 77.9 Å². The van der Waals surface area contributed by atoms with Gasteiger partial charge in [0.1, 0.15) is 17.4 Å². The Bertz CT molecular complexity index is 1060. The molecule has 130 valence electrons. The maximum Gasteiger partial charge on any atom is 0.266 e. The molecule has 0 aliphatic heterocycles. The molecule has 0 saturated carbocycles. The monoisotopic (exact) mass is 365 g/mol. The molecule has 0 saturated heterocycles. The van der Waals surface area contributed by atoms with Gasteiger partial charge in [0.25, 0.3) is 5.91 Å². The average Bonchev–Trinajstić information content (AvgIpc) is 3.05. The highest BCUT2D eigenvalue weighted by Gasteiger charge is 2.15. The van der Waals surface area contributed by atoms with E-state index in [9.17, 15) is 10.1 Å². The molecular formula is C20H16ClN3O2. The number of anilines is 1. The van der Waals surface area contributed by atoms with Crippen LogP contribution in [0.15, 0.2) is 48.2 Å². The molecule has 0 fully saturated rings. The third-order valence-corrected chi connectivity index (χ3v) is 4.42. The zero-order valence-electron chi connectivity index (χ0n) is 14.3. The Balaban J connectivity index is 1.93. The van der Waals surface area contributed by atoms with Crippen molar-refractivity contribution in [3.05, 3.63) is 64.3 Å². The van der Waals surface area contributed by atoms with Crippen molar-refractivity contribution in [3.8, 4) is 11.8 Å². The van der Waals surface area contributed by atoms with Crippen molar-refractivity contribution in [3.63, 3.8) is 0 Å². The number of para-hydroxylation sites is 1. The van der Waals surface area contributed by atoms with E-state index >= 15 is 0 Å². The third-order valence-electron chi connectivity index (χ3n) is 4.02. The number of aromatic nitrogens is 1. The number of aromatic amines is 1. The van der Waals surface area contributed by atoms with Crippen molar-refractivity contribution in [1.29, 1.82) is 5.26 Å². The number of methoxy groups -OCH3 is 1. The minimum absolute atomic E-state index is 0.00981. The van der Waals surface area contributed by atoms with Crippen LogP contribution in [0.4, 0.5) is 5.69 Å². The van der Waals surface area contributed by atoms with E-state index in [-0.39, 0.29) is 5.57 Å². The first-order chi connectivity index (χ1) is 12.5. The molecule has 0 radical (unpaired) electrons. The Morgan fingerprint density at radius 1 is 1.35 bits per heavy atom. The number of carbonyl (C=O) groups excluding carboxylic acids is 1. The highest BCUT2D eigenvalue weighted by Crippen LogP contribution is 2.31. The molecule has 0 atom stereocenters. The quantitative estimate of drug-likeness (QED) is 0.520. The normalized spacial score (nSPS) is 11.2. The standard InChI is InChI=1S/C20H16ClN3O2/c1-12-7-18(19(26-2)9-16(12)21)24-20(25)13(10-22)8-14-11-23-17-6-4-3-5-15(14)17/h3-9,11,23H,1-2H3,(H,24,25)/b13-8+. The predicted octanol–water partition coefficient (Wildman–Crippen LogP) is 4.68. The molecule has 3 aromatic rings. The van der Waals surface area contributed by atoms with Gasteiger partial charge in [-0.25, -0.2) is 0 Å². The molecule has 0 aliphatic rings. The van der Waals surface area contributed by atoms with Gasteiger partial charge in [-0.05, 0) is 30.7 Å². The number of nitrogens with one attached hydrogen (secondary N) is 2. The number of nitrogens with zero attached hydrogens (tertiary/aromatic N) is 1. The summed E-state index contributed by atoms with van der Waals surface area (Å²) < 4.78 is 5.25. The number of ether oxygens (including phenoxy) is 1. The summed E-state index contributed by atoms with van der Waals surface area (Å²) >= 11 is 6.08. The second-order valence-corrected chi connectivity index (χ2v) is 6.12. The van der Waals surface area contributed by atoms with Crippen LogP contribution in [0.1, 0.15) is 11.1 Å². The van der Waals surface area contributed by atoms with Gasteiger partial charge in [0.15, 0.2) is 0 Å². The lowest BCUT2D eigenvalue weighted by Gasteiger charge is -2.12. The van der Waals surface area contributed by atoms with E-state index in [0.29, 0.717) is 16.5 Å². The SMILES string of the molecule is COc1cc(Cl)c(C)cc1NC(=O)/C(C#N)=C/c1c[nH]c2ccccc12. The first kappa shape index (κ1) is 17.6. The molecule has 5 nitrogen and oxygen atoms in total. The minimum atomic E-state index is -0.516. The molecule has 1 aromatic heterocycles. The summed E-state index contributed by atoms with van der Waals surface area (Å²) in [4.78, 5) is 15.7. The summed E-state index contributed by atoms with van der Waals surface area (Å²) in [6.07, 6.45) is 3.33. The molecule has 2 aromatic carbocycles. The van der Waals surface area contributed by atoms with Crippen molar-refractivity contribution < 1.29 is 9.53 Å². The largest absolute Gasteiger partial charge is 0.495 e.